The molecule has 1 aromatic heterocycles. The zero-order chi connectivity index (χ0) is 32.7. The lowest BCUT2D eigenvalue weighted by Crippen LogP contribution is -2.15. The van der Waals surface area contributed by atoms with Crippen molar-refractivity contribution in [2.45, 2.75) is 19.3 Å². The Morgan fingerprint density at radius 3 is 2.04 bits per heavy atom. The van der Waals surface area contributed by atoms with Crippen LogP contribution in [0, 0.1) is 0 Å². The molecule has 1 heterocycles. The standard InChI is InChI=1S/C47H33NS/c1-47(2)42-17-8-6-15-37(42)41-29-36(24-26-43(41)47)48(34-14-10-13-33(27-34)30-11-4-3-5-12-30)35-23-21-31-19-20-32-22-25-39-38-16-7-9-18-44(38)49-46(39)45(32)40(31)28-35/h3-29H,1-2H3. The molecular weight excluding hydrogens is 611 g/mol. The van der Waals surface area contributed by atoms with E-state index in [1.165, 1.54) is 75.1 Å². The summed E-state index contributed by atoms with van der Waals surface area (Å²) in [4.78, 5) is 2.45. The first-order chi connectivity index (χ1) is 24.0. The van der Waals surface area contributed by atoms with Gasteiger partial charge in [0.05, 0.1) is 0 Å². The Labute approximate surface area is 290 Å². The maximum absolute atomic E-state index is 2.45. The van der Waals surface area contributed by atoms with Gasteiger partial charge in [-0.2, -0.15) is 0 Å². The minimum atomic E-state index is -0.0417. The third-order valence-electron chi connectivity index (χ3n) is 10.6. The van der Waals surface area contributed by atoms with Crippen molar-refractivity contribution in [2.75, 3.05) is 4.90 Å². The van der Waals surface area contributed by atoms with Crippen LogP contribution in [0.3, 0.4) is 0 Å². The van der Waals surface area contributed by atoms with Gasteiger partial charge >= 0.3 is 0 Å². The van der Waals surface area contributed by atoms with Gasteiger partial charge in [-0.05, 0) is 92.0 Å². The SMILES string of the molecule is CC1(C)c2ccccc2-c2cc(N(c3cccc(-c4ccccc4)c3)c3ccc4ccc5ccc6c7ccccc7sc6c5c4c3)ccc21. The Kier molecular flexibility index (Phi) is 6.16. The van der Waals surface area contributed by atoms with E-state index < -0.39 is 0 Å². The molecule has 8 aromatic carbocycles. The van der Waals surface area contributed by atoms with Crippen LogP contribution < -0.4 is 4.90 Å². The summed E-state index contributed by atoms with van der Waals surface area (Å²) in [5, 5.41) is 7.81. The average Bonchev–Trinajstić information content (AvgIpc) is 3.64. The molecule has 0 aliphatic heterocycles. The van der Waals surface area contributed by atoms with Crippen LogP contribution in [0.1, 0.15) is 25.0 Å². The van der Waals surface area contributed by atoms with Gasteiger partial charge in [-0.1, -0.05) is 135 Å². The second-order valence-corrected chi connectivity index (χ2v) is 14.8. The molecule has 0 bridgehead atoms. The maximum atomic E-state index is 2.45. The number of hydrogen-bond acceptors (Lipinski definition) is 2. The van der Waals surface area contributed by atoms with Gasteiger partial charge in [0.1, 0.15) is 0 Å². The first-order valence-electron chi connectivity index (χ1n) is 17.0. The molecule has 232 valence electrons. The van der Waals surface area contributed by atoms with Crippen molar-refractivity contribution in [1.29, 1.82) is 0 Å². The number of thiophene rings is 1. The van der Waals surface area contributed by atoms with Crippen LogP contribution >= 0.6 is 11.3 Å². The topological polar surface area (TPSA) is 3.24 Å². The predicted octanol–water partition coefficient (Wildman–Crippen LogP) is 13.8. The van der Waals surface area contributed by atoms with E-state index in [4.69, 9.17) is 0 Å². The van der Waals surface area contributed by atoms with Crippen LogP contribution in [0.5, 0.6) is 0 Å². The van der Waals surface area contributed by atoms with Gasteiger partial charge < -0.3 is 4.90 Å². The fraction of sp³-hybridized carbons (Fsp3) is 0.0638. The number of benzene rings is 8. The third-order valence-corrected chi connectivity index (χ3v) is 11.8. The van der Waals surface area contributed by atoms with Crippen molar-refractivity contribution in [3.05, 3.63) is 175 Å². The van der Waals surface area contributed by atoms with E-state index in [0.717, 1.165) is 17.1 Å². The van der Waals surface area contributed by atoms with E-state index in [1.807, 2.05) is 11.3 Å². The molecule has 1 aliphatic carbocycles. The van der Waals surface area contributed by atoms with Crippen molar-refractivity contribution in [3.8, 4) is 22.3 Å². The molecule has 49 heavy (non-hydrogen) atoms. The normalized spacial score (nSPS) is 13.3. The molecule has 9 aromatic rings. The van der Waals surface area contributed by atoms with Crippen LogP contribution in [-0.4, -0.2) is 0 Å². The van der Waals surface area contributed by atoms with E-state index in [1.54, 1.807) is 0 Å². The van der Waals surface area contributed by atoms with Crippen LogP contribution in [0.2, 0.25) is 0 Å². The smallest absolute Gasteiger partial charge is 0.0468 e. The second-order valence-electron chi connectivity index (χ2n) is 13.8. The molecule has 10 rings (SSSR count). The molecule has 0 spiro atoms. The molecule has 0 saturated heterocycles. The van der Waals surface area contributed by atoms with E-state index in [9.17, 15) is 0 Å². The first kappa shape index (κ1) is 28.3. The first-order valence-corrected chi connectivity index (χ1v) is 17.8. The summed E-state index contributed by atoms with van der Waals surface area (Å²) in [7, 11) is 0. The number of hydrogen-bond donors (Lipinski definition) is 0. The minimum Gasteiger partial charge on any atom is -0.310 e. The summed E-state index contributed by atoms with van der Waals surface area (Å²) in [5.41, 5.74) is 11.2. The Hall–Kier alpha value is -5.70. The van der Waals surface area contributed by atoms with Crippen LogP contribution in [0.15, 0.2) is 164 Å². The summed E-state index contributed by atoms with van der Waals surface area (Å²) < 4.78 is 2.69. The van der Waals surface area contributed by atoms with Gasteiger partial charge in [-0.3, -0.25) is 0 Å². The lowest BCUT2D eigenvalue weighted by atomic mass is 9.82. The van der Waals surface area contributed by atoms with Gasteiger partial charge in [-0.15, -0.1) is 11.3 Å². The van der Waals surface area contributed by atoms with Crippen molar-refractivity contribution < 1.29 is 0 Å². The lowest BCUT2D eigenvalue weighted by molar-refractivity contribution is 0.660. The minimum absolute atomic E-state index is 0.0417. The van der Waals surface area contributed by atoms with Gasteiger partial charge in [0, 0.05) is 48.0 Å². The van der Waals surface area contributed by atoms with Crippen molar-refractivity contribution >= 4 is 70.1 Å². The zero-order valence-corrected chi connectivity index (χ0v) is 28.3. The summed E-state index contributed by atoms with van der Waals surface area (Å²) in [6.45, 7) is 4.70. The van der Waals surface area contributed by atoms with Crippen LogP contribution in [-0.2, 0) is 5.41 Å². The highest BCUT2D eigenvalue weighted by atomic mass is 32.1. The molecule has 1 nitrogen and oxygen atoms in total. The summed E-state index contributed by atoms with van der Waals surface area (Å²) >= 11 is 1.91. The van der Waals surface area contributed by atoms with E-state index in [2.05, 4.69) is 183 Å². The molecule has 2 heteroatoms. The zero-order valence-electron chi connectivity index (χ0n) is 27.4. The Morgan fingerprint density at radius 1 is 0.449 bits per heavy atom. The fourth-order valence-electron chi connectivity index (χ4n) is 8.20. The van der Waals surface area contributed by atoms with E-state index >= 15 is 0 Å². The van der Waals surface area contributed by atoms with Gasteiger partial charge in [0.15, 0.2) is 0 Å². The highest BCUT2D eigenvalue weighted by Crippen LogP contribution is 2.51. The molecular formula is C47H33NS. The van der Waals surface area contributed by atoms with Crippen LogP contribution in [0.4, 0.5) is 17.1 Å². The van der Waals surface area contributed by atoms with Crippen LogP contribution in [0.25, 0.3) is 64.0 Å². The molecule has 0 radical (unpaired) electrons. The van der Waals surface area contributed by atoms with Crippen molar-refractivity contribution in [2.24, 2.45) is 0 Å². The number of anilines is 3. The summed E-state index contributed by atoms with van der Waals surface area (Å²) in [5.74, 6) is 0. The molecule has 0 unspecified atom stereocenters. The van der Waals surface area contributed by atoms with Gasteiger partial charge in [0.2, 0.25) is 0 Å². The lowest BCUT2D eigenvalue weighted by Gasteiger charge is -2.28. The Balaban J connectivity index is 1.24. The number of rotatable bonds is 4. The molecule has 0 saturated carbocycles. The third kappa shape index (κ3) is 4.31. The van der Waals surface area contributed by atoms with E-state index in [0.29, 0.717) is 0 Å². The van der Waals surface area contributed by atoms with Gasteiger partial charge in [-0.25, -0.2) is 0 Å². The Bertz CT molecular complexity index is 2750. The molecule has 0 fully saturated rings. The molecule has 1 aliphatic rings. The second kappa shape index (κ2) is 10.7. The maximum Gasteiger partial charge on any atom is 0.0468 e. The number of nitrogens with zero attached hydrogens (tertiary/aromatic N) is 1. The quantitative estimate of drug-likeness (QED) is 0.173. The molecule has 0 amide bonds. The highest BCUT2D eigenvalue weighted by Gasteiger charge is 2.35. The average molecular weight is 644 g/mol. The fourth-order valence-corrected chi connectivity index (χ4v) is 9.47. The van der Waals surface area contributed by atoms with E-state index in [-0.39, 0.29) is 5.41 Å². The highest BCUT2D eigenvalue weighted by molar-refractivity contribution is 7.26. The monoisotopic (exact) mass is 643 g/mol. The molecule has 0 atom stereocenters. The van der Waals surface area contributed by atoms with Crippen molar-refractivity contribution in [3.63, 3.8) is 0 Å². The summed E-state index contributed by atoms with van der Waals surface area (Å²) in [6.07, 6.45) is 0. The van der Waals surface area contributed by atoms with Crippen molar-refractivity contribution in [1.82, 2.24) is 0 Å². The summed E-state index contributed by atoms with van der Waals surface area (Å²) in [6, 6.07) is 60.6. The molecule has 0 N–H and O–H groups in total. The largest absolute Gasteiger partial charge is 0.310 e. The predicted molar refractivity (Wildman–Crippen MR) is 212 cm³/mol. The number of fused-ring (bicyclic) bond motifs is 10. The Morgan fingerprint density at radius 2 is 1.12 bits per heavy atom. The van der Waals surface area contributed by atoms with Gasteiger partial charge in [0.25, 0.3) is 0 Å².